The van der Waals surface area contributed by atoms with E-state index in [2.05, 4.69) is 40.3 Å². The lowest BCUT2D eigenvalue weighted by Crippen LogP contribution is -2.27. The van der Waals surface area contributed by atoms with E-state index in [1.54, 1.807) is 24.8 Å². The Morgan fingerprint density at radius 2 is 1.83 bits per heavy atom. The van der Waals surface area contributed by atoms with E-state index in [0.717, 1.165) is 41.7 Å². The van der Waals surface area contributed by atoms with E-state index >= 15 is 0 Å². The van der Waals surface area contributed by atoms with Crippen molar-refractivity contribution in [1.82, 2.24) is 40.0 Å². The first-order valence-corrected chi connectivity index (χ1v) is 15.3. The van der Waals surface area contributed by atoms with Crippen molar-refractivity contribution in [2.75, 3.05) is 31.6 Å². The van der Waals surface area contributed by atoms with Crippen molar-refractivity contribution in [2.45, 2.75) is 33.6 Å². The number of benzene rings is 1. The van der Waals surface area contributed by atoms with Crippen molar-refractivity contribution < 1.29 is 13.9 Å². The molecule has 3 N–H and O–H groups in total. The summed E-state index contributed by atoms with van der Waals surface area (Å²) in [4.78, 5) is 36.4. The molecule has 1 aromatic carbocycles. The number of anilines is 1. The first-order valence-electron chi connectivity index (χ1n) is 15.3. The zero-order valence-electron chi connectivity index (χ0n) is 25.9. The molecule has 0 unspecified atom stereocenters. The summed E-state index contributed by atoms with van der Waals surface area (Å²) in [5.74, 6) is 0.510. The maximum atomic E-state index is 14.8. The van der Waals surface area contributed by atoms with Gasteiger partial charge in [-0.3, -0.25) is 19.8 Å². The molecule has 0 spiro atoms. The molecule has 0 atom stereocenters. The molecule has 6 aromatic rings. The Morgan fingerprint density at radius 3 is 2.65 bits per heavy atom. The van der Waals surface area contributed by atoms with Gasteiger partial charge in [-0.05, 0) is 61.8 Å². The number of carbonyl (C=O) groups is 1. The highest BCUT2D eigenvalue weighted by molar-refractivity contribution is 5.97. The summed E-state index contributed by atoms with van der Waals surface area (Å²) >= 11 is 0. The van der Waals surface area contributed by atoms with Gasteiger partial charge < -0.3 is 15.0 Å². The number of halogens is 1. The number of nitrogens with zero attached hydrogens (tertiary/aromatic N) is 6. The number of hydrogen-bond acceptors (Lipinski definition) is 8. The third-order valence-corrected chi connectivity index (χ3v) is 8.11. The van der Waals surface area contributed by atoms with Crippen molar-refractivity contribution in [3.05, 3.63) is 67.0 Å². The molecule has 1 aliphatic heterocycles. The van der Waals surface area contributed by atoms with Gasteiger partial charge in [-0.2, -0.15) is 5.10 Å². The number of imidazole rings is 1. The molecule has 1 aliphatic rings. The zero-order chi connectivity index (χ0) is 31.8. The summed E-state index contributed by atoms with van der Waals surface area (Å²) in [6.07, 6.45) is 9.13. The SMILES string of the molecule is CC(C)(C)C(=O)Nc1cncc(-c2cnc3n[nH]c(-c4nc5nccc(-c6cc(F)cc(OCCN7CCCC7)c6)c5[nH]4)c3c2)c1. The van der Waals surface area contributed by atoms with E-state index in [1.807, 2.05) is 45.0 Å². The molecule has 12 heteroatoms. The zero-order valence-corrected chi connectivity index (χ0v) is 25.9. The number of rotatable bonds is 8. The number of hydrogen-bond donors (Lipinski definition) is 3. The van der Waals surface area contributed by atoms with Gasteiger partial charge in [-0.15, -0.1) is 0 Å². The van der Waals surface area contributed by atoms with Crippen LogP contribution in [0, 0.1) is 11.2 Å². The van der Waals surface area contributed by atoms with Crippen LogP contribution in [0.5, 0.6) is 5.75 Å². The highest BCUT2D eigenvalue weighted by Crippen LogP contribution is 2.34. The van der Waals surface area contributed by atoms with Crippen molar-refractivity contribution in [2.24, 2.45) is 5.41 Å². The van der Waals surface area contributed by atoms with Crippen molar-refractivity contribution in [3.63, 3.8) is 0 Å². The summed E-state index contributed by atoms with van der Waals surface area (Å²) in [6.45, 7) is 9.05. The summed E-state index contributed by atoms with van der Waals surface area (Å²) in [5, 5.41) is 11.1. The predicted molar refractivity (Wildman–Crippen MR) is 175 cm³/mol. The van der Waals surface area contributed by atoms with Gasteiger partial charge >= 0.3 is 0 Å². The third-order valence-electron chi connectivity index (χ3n) is 8.11. The molecule has 0 bridgehead atoms. The van der Waals surface area contributed by atoms with Crippen LogP contribution in [0.4, 0.5) is 10.1 Å². The Bertz CT molecular complexity index is 2060. The van der Waals surface area contributed by atoms with Crippen LogP contribution in [0.15, 0.2) is 61.2 Å². The highest BCUT2D eigenvalue weighted by atomic mass is 19.1. The fourth-order valence-electron chi connectivity index (χ4n) is 5.59. The lowest BCUT2D eigenvalue weighted by molar-refractivity contribution is -0.123. The maximum absolute atomic E-state index is 14.8. The number of pyridine rings is 3. The van der Waals surface area contributed by atoms with Crippen LogP contribution in [0.2, 0.25) is 0 Å². The minimum absolute atomic E-state index is 0.102. The van der Waals surface area contributed by atoms with Gasteiger partial charge in [-0.1, -0.05) is 20.8 Å². The van der Waals surface area contributed by atoms with Gasteiger partial charge in [0.05, 0.1) is 22.8 Å². The van der Waals surface area contributed by atoms with E-state index in [9.17, 15) is 9.18 Å². The highest BCUT2D eigenvalue weighted by Gasteiger charge is 2.22. The topological polar surface area (TPSA) is 138 Å². The Balaban J connectivity index is 1.19. The van der Waals surface area contributed by atoms with Gasteiger partial charge in [0.25, 0.3) is 0 Å². The number of likely N-dealkylation sites (tertiary alicyclic amines) is 1. The van der Waals surface area contributed by atoms with Crippen LogP contribution in [0.3, 0.4) is 0 Å². The Kier molecular flexibility index (Phi) is 7.65. The average molecular weight is 620 g/mol. The standard InChI is InChI=1S/C34H34FN9O2/c1-34(2,3)33(45)39-24-13-21(17-36-19-24)22-15-27-29(42-43-30(27)38-18-22)32-40-28-26(6-7-37-31(28)41-32)20-12-23(35)16-25(14-20)46-11-10-44-8-4-5-9-44/h6-7,12-19H,4-5,8-11H2,1-3H3,(H,39,45)(H,37,40,41)(H,38,42,43). The second-order valence-electron chi connectivity index (χ2n) is 12.6. The predicted octanol–water partition coefficient (Wildman–Crippen LogP) is 6.22. The van der Waals surface area contributed by atoms with Gasteiger partial charge in [0.15, 0.2) is 17.1 Å². The van der Waals surface area contributed by atoms with Crippen LogP contribution in [0.25, 0.3) is 56.0 Å². The van der Waals surface area contributed by atoms with Crippen LogP contribution >= 0.6 is 0 Å². The molecular formula is C34H34FN9O2. The number of fused-ring (bicyclic) bond motifs is 2. The summed E-state index contributed by atoms with van der Waals surface area (Å²) in [7, 11) is 0. The average Bonchev–Trinajstić information content (AvgIpc) is 3.80. The van der Waals surface area contributed by atoms with E-state index in [-0.39, 0.29) is 11.7 Å². The number of H-pyrrole nitrogens is 2. The molecule has 1 amide bonds. The number of aromatic amines is 2. The molecule has 6 heterocycles. The van der Waals surface area contributed by atoms with E-state index in [4.69, 9.17) is 9.72 Å². The molecule has 1 saturated heterocycles. The summed E-state index contributed by atoms with van der Waals surface area (Å²) < 4.78 is 20.7. The summed E-state index contributed by atoms with van der Waals surface area (Å²) in [6, 6.07) is 10.4. The molecule has 7 rings (SSSR count). The van der Waals surface area contributed by atoms with Gasteiger partial charge in [0, 0.05) is 53.3 Å². The van der Waals surface area contributed by atoms with Crippen LogP contribution in [-0.4, -0.2) is 72.2 Å². The summed E-state index contributed by atoms with van der Waals surface area (Å²) in [5.41, 5.74) is 5.31. The Morgan fingerprint density at radius 1 is 1.00 bits per heavy atom. The quantitative estimate of drug-likeness (QED) is 0.183. The molecule has 234 valence electrons. The largest absolute Gasteiger partial charge is 0.492 e. The van der Waals surface area contributed by atoms with Crippen molar-refractivity contribution in [3.8, 4) is 39.5 Å². The normalized spacial score (nSPS) is 13.9. The fourth-order valence-corrected chi connectivity index (χ4v) is 5.59. The second-order valence-corrected chi connectivity index (χ2v) is 12.6. The first kappa shape index (κ1) is 29.5. The van der Waals surface area contributed by atoms with Crippen LogP contribution in [-0.2, 0) is 4.79 Å². The number of amides is 1. The van der Waals surface area contributed by atoms with E-state index < -0.39 is 5.41 Å². The molecular weight excluding hydrogens is 585 g/mol. The molecule has 0 radical (unpaired) electrons. The second kappa shape index (κ2) is 11.9. The molecule has 0 aliphatic carbocycles. The monoisotopic (exact) mass is 619 g/mol. The minimum atomic E-state index is -0.540. The van der Waals surface area contributed by atoms with Gasteiger partial charge in [0.2, 0.25) is 5.91 Å². The molecule has 1 fully saturated rings. The smallest absolute Gasteiger partial charge is 0.229 e. The molecule has 0 saturated carbocycles. The number of ether oxygens (including phenoxy) is 1. The first-order chi connectivity index (χ1) is 22.2. The van der Waals surface area contributed by atoms with E-state index in [0.29, 0.717) is 51.9 Å². The molecule has 5 aromatic heterocycles. The van der Waals surface area contributed by atoms with Crippen LogP contribution in [0.1, 0.15) is 33.6 Å². The van der Waals surface area contributed by atoms with Gasteiger partial charge in [-0.25, -0.2) is 19.3 Å². The third kappa shape index (κ3) is 6.03. The van der Waals surface area contributed by atoms with Gasteiger partial charge in [0.1, 0.15) is 23.9 Å². The molecule has 11 nitrogen and oxygen atoms in total. The maximum Gasteiger partial charge on any atom is 0.229 e. The van der Waals surface area contributed by atoms with Crippen molar-refractivity contribution >= 4 is 33.8 Å². The Hall–Kier alpha value is -5.23. The minimum Gasteiger partial charge on any atom is -0.492 e. The fraction of sp³-hybridized carbons (Fsp3) is 0.294. The molecule has 46 heavy (non-hydrogen) atoms. The van der Waals surface area contributed by atoms with E-state index in [1.165, 1.54) is 25.0 Å². The van der Waals surface area contributed by atoms with Crippen LogP contribution < -0.4 is 10.1 Å². The number of nitrogens with one attached hydrogen (secondary N) is 3. The van der Waals surface area contributed by atoms with Crippen molar-refractivity contribution in [1.29, 1.82) is 0 Å². The Labute approximate surface area is 264 Å². The lowest BCUT2D eigenvalue weighted by Gasteiger charge is -2.17. The number of aromatic nitrogens is 7. The number of carbonyl (C=O) groups excluding carboxylic acids is 1. The lowest BCUT2D eigenvalue weighted by atomic mass is 9.95.